The Bertz CT molecular complexity index is 1010. The van der Waals surface area contributed by atoms with Gasteiger partial charge in [-0.1, -0.05) is 24.3 Å². The highest BCUT2D eigenvalue weighted by molar-refractivity contribution is 5.81. The maximum Gasteiger partial charge on any atom is 0.233 e. The number of hydrogen-bond donors (Lipinski definition) is 0. The second-order valence-corrected chi connectivity index (χ2v) is 5.66. The quantitative estimate of drug-likeness (QED) is 0.568. The predicted octanol–water partition coefficient (Wildman–Crippen LogP) is 4.22. The van der Waals surface area contributed by atoms with Gasteiger partial charge in [0.1, 0.15) is 17.5 Å². The molecular weight excluding hydrogens is 300 g/mol. The summed E-state index contributed by atoms with van der Waals surface area (Å²) in [7, 11) is 0. The molecule has 0 amide bonds. The molecule has 0 saturated carbocycles. The van der Waals surface area contributed by atoms with E-state index in [2.05, 4.69) is 28.9 Å². The van der Waals surface area contributed by atoms with Crippen LogP contribution >= 0.6 is 0 Å². The molecule has 0 bridgehead atoms. The summed E-state index contributed by atoms with van der Waals surface area (Å²) in [5.41, 5.74) is 4.07. The van der Waals surface area contributed by atoms with Gasteiger partial charge in [0.2, 0.25) is 5.88 Å². The van der Waals surface area contributed by atoms with E-state index in [-0.39, 0.29) is 0 Å². The van der Waals surface area contributed by atoms with Crippen LogP contribution in [0.3, 0.4) is 0 Å². The van der Waals surface area contributed by atoms with Gasteiger partial charge in [-0.2, -0.15) is 5.10 Å². The van der Waals surface area contributed by atoms with Crippen molar-refractivity contribution < 1.29 is 4.74 Å². The molecule has 0 saturated heterocycles. The van der Waals surface area contributed by atoms with E-state index < -0.39 is 0 Å². The van der Waals surface area contributed by atoms with Crippen molar-refractivity contribution in [2.75, 3.05) is 0 Å². The zero-order valence-electron chi connectivity index (χ0n) is 13.5. The Morgan fingerprint density at radius 3 is 2.54 bits per heavy atom. The Hall–Kier alpha value is -3.21. The third-order valence-corrected chi connectivity index (χ3v) is 4.02. The van der Waals surface area contributed by atoms with Crippen molar-refractivity contribution >= 4 is 11.0 Å². The van der Waals surface area contributed by atoms with Crippen LogP contribution in [0.5, 0.6) is 11.6 Å². The molecule has 5 nitrogen and oxygen atoms in total. The van der Waals surface area contributed by atoms with E-state index in [4.69, 9.17) is 4.74 Å². The molecule has 0 aliphatic rings. The predicted molar refractivity (Wildman–Crippen MR) is 92.7 cm³/mol. The molecule has 0 aliphatic heterocycles. The number of rotatable bonds is 3. The van der Waals surface area contributed by atoms with Crippen molar-refractivity contribution in [2.24, 2.45) is 0 Å². The topological polar surface area (TPSA) is 52.8 Å². The lowest BCUT2D eigenvalue weighted by Crippen LogP contribution is -1.98. The molecule has 2 aromatic carbocycles. The zero-order chi connectivity index (χ0) is 16.5. The third-order valence-electron chi connectivity index (χ3n) is 4.02. The highest BCUT2D eigenvalue weighted by atomic mass is 16.5. The first kappa shape index (κ1) is 14.4. The minimum Gasteiger partial charge on any atom is -0.438 e. The summed E-state index contributed by atoms with van der Waals surface area (Å²) in [4.78, 5) is 8.64. The van der Waals surface area contributed by atoms with Gasteiger partial charge in [0.25, 0.3) is 0 Å². The molecule has 4 aromatic rings. The number of aromatic nitrogens is 4. The van der Waals surface area contributed by atoms with Gasteiger partial charge >= 0.3 is 0 Å². The third kappa shape index (κ3) is 2.50. The number of ether oxygens (including phenoxy) is 1. The second-order valence-electron chi connectivity index (χ2n) is 5.66. The van der Waals surface area contributed by atoms with Crippen LogP contribution in [0.1, 0.15) is 11.1 Å². The van der Waals surface area contributed by atoms with Gasteiger partial charge in [0, 0.05) is 0 Å². The van der Waals surface area contributed by atoms with Gasteiger partial charge in [0.05, 0.1) is 11.9 Å². The molecule has 5 heteroatoms. The lowest BCUT2D eigenvalue weighted by atomic mass is 10.1. The zero-order valence-corrected chi connectivity index (χ0v) is 13.5. The van der Waals surface area contributed by atoms with E-state index in [1.54, 1.807) is 10.9 Å². The molecule has 0 unspecified atom stereocenters. The molecule has 4 rings (SSSR count). The molecule has 2 heterocycles. The van der Waals surface area contributed by atoms with Gasteiger partial charge in [-0.15, -0.1) is 0 Å². The average molecular weight is 316 g/mol. The van der Waals surface area contributed by atoms with Crippen LogP contribution in [-0.4, -0.2) is 19.7 Å². The lowest BCUT2D eigenvalue weighted by molar-refractivity contribution is 0.467. The number of nitrogens with zero attached hydrogens (tertiary/aromatic N) is 4. The van der Waals surface area contributed by atoms with Gasteiger partial charge in [0.15, 0.2) is 5.65 Å². The molecule has 118 valence electrons. The van der Waals surface area contributed by atoms with Gasteiger partial charge in [-0.05, 0) is 49.2 Å². The summed E-state index contributed by atoms with van der Waals surface area (Å²) in [6, 6.07) is 15.9. The number of fused-ring (bicyclic) bond motifs is 1. The number of benzene rings is 2. The van der Waals surface area contributed by atoms with Gasteiger partial charge in [-0.25, -0.2) is 14.6 Å². The Balaban J connectivity index is 1.77. The summed E-state index contributed by atoms with van der Waals surface area (Å²) in [5.74, 6) is 1.26. The maximum absolute atomic E-state index is 5.97. The Morgan fingerprint density at radius 2 is 1.75 bits per heavy atom. The highest BCUT2D eigenvalue weighted by Crippen LogP contribution is 2.28. The SMILES string of the molecule is Cc1ccc(Oc2ncnc3c2cnn3-c2ccccc2)cc1C. The molecular formula is C19H16N4O. The summed E-state index contributed by atoms with van der Waals surface area (Å²) < 4.78 is 7.75. The Kier molecular flexibility index (Phi) is 3.46. The summed E-state index contributed by atoms with van der Waals surface area (Å²) in [6.07, 6.45) is 3.23. The van der Waals surface area contributed by atoms with Crippen LogP contribution in [0.15, 0.2) is 61.1 Å². The molecule has 0 aliphatic carbocycles. The average Bonchev–Trinajstić information content (AvgIpc) is 3.04. The smallest absolute Gasteiger partial charge is 0.233 e. The normalized spacial score (nSPS) is 10.9. The second kappa shape index (κ2) is 5.77. The van der Waals surface area contributed by atoms with Crippen LogP contribution in [-0.2, 0) is 0 Å². The monoisotopic (exact) mass is 316 g/mol. The van der Waals surface area contributed by atoms with E-state index in [9.17, 15) is 0 Å². The number of para-hydroxylation sites is 1. The van der Waals surface area contributed by atoms with E-state index in [1.165, 1.54) is 17.5 Å². The van der Waals surface area contributed by atoms with Crippen molar-refractivity contribution in [1.29, 1.82) is 0 Å². The van der Waals surface area contributed by atoms with E-state index in [1.807, 2.05) is 48.5 Å². The first-order chi connectivity index (χ1) is 11.7. The first-order valence-electron chi connectivity index (χ1n) is 7.71. The van der Waals surface area contributed by atoms with Crippen molar-refractivity contribution in [3.05, 3.63) is 72.2 Å². The maximum atomic E-state index is 5.97. The fourth-order valence-electron chi connectivity index (χ4n) is 2.55. The molecule has 0 fully saturated rings. The van der Waals surface area contributed by atoms with Crippen LogP contribution in [0.4, 0.5) is 0 Å². The molecule has 24 heavy (non-hydrogen) atoms. The van der Waals surface area contributed by atoms with Gasteiger partial charge in [-0.3, -0.25) is 0 Å². The van der Waals surface area contributed by atoms with E-state index >= 15 is 0 Å². The van der Waals surface area contributed by atoms with Crippen molar-refractivity contribution in [3.8, 4) is 17.3 Å². The Labute approximate surface area is 139 Å². The Morgan fingerprint density at radius 1 is 0.917 bits per heavy atom. The van der Waals surface area contributed by atoms with Crippen LogP contribution in [0.25, 0.3) is 16.7 Å². The van der Waals surface area contributed by atoms with Gasteiger partial charge < -0.3 is 4.74 Å². The fraction of sp³-hybridized carbons (Fsp3) is 0.105. The first-order valence-corrected chi connectivity index (χ1v) is 7.71. The standard InChI is InChI=1S/C19H16N4O/c1-13-8-9-16(10-14(13)2)24-19-17-11-22-23(18(17)20-12-21-19)15-6-4-3-5-7-15/h3-12H,1-2H3. The lowest BCUT2D eigenvalue weighted by Gasteiger charge is -2.08. The summed E-state index contributed by atoms with van der Waals surface area (Å²) in [6.45, 7) is 4.14. The number of hydrogen-bond acceptors (Lipinski definition) is 4. The molecule has 0 N–H and O–H groups in total. The van der Waals surface area contributed by atoms with Crippen molar-refractivity contribution in [1.82, 2.24) is 19.7 Å². The van der Waals surface area contributed by atoms with Crippen molar-refractivity contribution in [2.45, 2.75) is 13.8 Å². The van der Waals surface area contributed by atoms with E-state index in [0.717, 1.165) is 22.5 Å². The summed E-state index contributed by atoms with van der Waals surface area (Å²) >= 11 is 0. The highest BCUT2D eigenvalue weighted by Gasteiger charge is 2.12. The minimum atomic E-state index is 0.505. The van der Waals surface area contributed by atoms with Crippen LogP contribution < -0.4 is 4.74 Å². The summed E-state index contributed by atoms with van der Waals surface area (Å²) in [5, 5.41) is 5.21. The molecule has 0 atom stereocenters. The molecule has 0 radical (unpaired) electrons. The fourth-order valence-corrected chi connectivity index (χ4v) is 2.55. The molecule has 2 aromatic heterocycles. The molecule has 0 spiro atoms. The number of aryl methyl sites for hydroxylation is 2. The largest absolute Gasteiger partial charge is 0.438 e. The van der Waals surface area contributed by atoms with Crippen LogP contribution in [0, 0.1) is 13.8 Å². The van der Waals surface area contributed by atoms with Crippen molar-refractivity contribution in [3.63, 3.8) is 0 Å². The van der Waals surface area contributed by atoms with E-state index in [0.29, 0.717) is 5.88 Å². The van der Waals surface area contributed by atoms with Crippen LogP contribution in [0.2, 0.25) is 0 Å². The minimum absolute atomic E-state index is 0.505.